The van der Waals surface area contributed by atoms with Gasteiger partial charge in [-0.05, 0) is 19.3 Å². The Balaban J connectivity index is 1.80. The standard InChI is InChI=1S/C15H24N2O3S/c1-4-11-9(2)13(19-10(3)18)12-14(20-11)21-15(16-12)17-7-5-6-8-17/h9,11-14H,4-8H2,1-3H3/t9-,11-,12-,13+,14-/m1/s1. The SMILES string of the molecule is CC[C@H]1O[C@@H]2SC(N3CCCC3)=N[C@@H]2[C@@H](OC(C)=O)[C@@H]1C. The maximum atomic E-state index is 11.5. The number of amidine groups is 1. The monoisotopic (exact) mass is 312 g/mol. The van der Waals surface area contributed by atoms with Crippen LogP contribution in [0.1, 0.15) is 40.0 Å². The van der Waals surface area contributed by atoms with Gasteiger partial charge in [-0.2, -0.15) is 0 Å². The van der Waals surface area contributed by atoms with Crippen molar-refractivity contribution < 1.29 is 14.3 Å². The zero-order valence-corrected chi connectivity index (χ0v) is 13.8. The Hall–Kier alpha value is -0.750. The van der Waals surface area contributed by atoms with Gasteiger partial charge in [-0.25, -0.2) is 0 Å². The van der Waals surface area contributed by atoms with E-state index in [0.29, 0.717) is 0 Å². The summed E-state index contributed by atoms with van der Waals surface area (Å²) in [6.45, 7) is 7.86. The molecule has 21 heavy (non-hydrogen) atoms. The molecule has 0 spiro atoms. The molecule has 0 bridgehead atoms. The summed E-state index contributed by atoms with van der Waals surface area (Å²) < 4.78 is 11.8. The van der Waals surface area contributed by atoms with Gasteiger partial charge in [0.1, 0.15) is 17.6 Å². The minimum atomic E-state index is -0.225. The van der Waals surface area contributed by atoms with Gasteiger partial charge in [0.25, 0.3) is 0 Å². The van der Waals surface area contributed by atoms with Gasteiger partial charge in [-0.15, -0.1) is 0 Å². The topological polar surface area (TPSA) is 51.1 Å². The van der Waals surface area contributed by atoms with Crippen LogP contribution in [0.15, 0.2) is 4.99 Å². The molecule has 2 saturated heterocycles. The zero-order chi connectivity index (χ0) is 15.0. The molecule has 3 rings (SSSR count). The summed E-state index contributed by atoms with van der Waals surface area (Å²) in [6, 6.07) is -0.0627. The molecule has 0 N–H and O–H groups in total. The first-order valence-corrected chi connectivity index (χ1v) is 8.80. The molecular formula is C15H24N2O3S. The van der Waals surface area contributed by atoms with Crippen LogP contribution < -0.4 is 0 Å². The minimum absolute atomic E-state index is 0.00824. The third-order valence-electron chi connectivity index (χ3n) is 4.59. The number of hydrogen-bond acceptors (Lipinski definition) is 6. The summed E-state index contributed by atoms with van der Waals surface area (Å²) in [6.07, 6.45) is 3.37. The van der Waals surface area contributed by atoms with Crippen LogP contribution in [0, 0.1) is 5.92 Å². The van der Waals surface area contributed by atoms with Crippen LogP contribution in [0.2, 0.25) is 0 Å². The van der Waals surface area contributed by atoms with Gasteiger partial charge >= 0.3 is 5.97 Å². The van der Waals surface area contributed by atoms with E-state index in [0.717, 1.165) is 24.7 Å². The van der Waals surface area contributed by atoms with Crippen LogP contribution in [0.25, 0.3) is 0 Å². The summed E-state index contributed by atoms with van der Waals surface area (Å²) in [5.74, 6) is -0.0420. The van der Waals surface area contributed by atoms with Crippen LogP contribution in [-0.2, 0) is 14.3 Å². The number of hydrogen-bond donors (Lipinski definition) is 0. The lowest BCUT2D eigenvalue weighted by molar-refractivity contribution is -0.166. The van der Waals surface area contributed by atoms with E-state index in [1.54, 1.807) is 11.8 Å². The van der Waals surface area contributed by atoms with E-state index in [4.69, 9.17) is 14.5 Å². The summed E-state index contributed by atoms with van der Waals surface area (Å²) in [5, 5.41) is 1.07. The number of likely N-dealkylation sites (tertiary alicyclic amines) is 1. The maximum absolute atomic E-state index is 11.5. The molecule has 5 nitrogen and oxygen atoms in total. The molecule has 6 heteroatoms. The van der Waals surface area contributed by atoms with Crippen molar-refractivity contribution in [2.24, 2.45) is 10.9 Å². The summed E-state index contributed by atoms with van der Waals surface area (Å²) in [7, 11) is 0. The molecule has 0 aromatic heterocycles. The molecule has 0 aromatic carbocycles. The summed E-state index contributed by atoms with van der Waals surface area (Å²) in [5.41, 5.74) is -0.00824. The van der Waals surface area contributed by atoms with Gasteiger partial charge in [0.15, 0.2) is 5.17 Å². The molecule has 0 radical (unpaired) electrons. The maximum Gasteiger partial charge on any atom is 0.302 e. The highest BCUT2D eigenvalue weighted by Crippen LogP contribution is 2.41. The largest absolute Gasteiger partial charge is 0.460 e. The van der Waals surface area contributed by atoms with Gasteiger partial charge in [0.2, 0.25) is 0 Å². The molecule has 0 unspecified atom stereocenters. The highest BCUT2D eigenvalue weighted by Gasteiger charge is 2.49. The van der Waals surface area contributed by atoms with Gasteiger partial charge in [-0.1, -0.05) is 25.6 Å². The fourth-order valence-corrected chi connectivity index (χ4v) is 4.72. The van der Waals surface area contributed by atoms with Crippen LogP contribution in [0.4, 0.5) is 0 Å². The van der Waals surface area contributed by atoms with Crippen molar-refractivity contribution in [1.29, 1.82) is 0 Å². The molecule has 0 amide bonds. The number of ether oxygens (including phenoxy) is 2. The van der Waals surface area contributed by atoms with Crippen LogP contribution in [0.3, 0.4) is 0 Å². The number of nitrogens with zero attached hydrogens (tertiary/aromatic N) is 2. The smallest absolute Gasteiger partial charge is 0.302 e. The molecule has 2 fully saturated rings. The molecule has 0 saturated carbocycles. The van der Waals surface area contributed by atoms with E-state index in [-0.39, 0.29) is 35.6 Å². The first-order chi connectivity index (χ1) is 10.1. The number of esters is 1. The molecule has 3 aliphatic rings. The van der Waals surface area contributed by atoms with Crippen molar-refractivity contribution >= 4 is 22.9 Å². The number of carbonyl (C=O) groups is 1. The number of thioether (sulfide) groups is 1. The fraction of sp³-hybridized carbons (Fsp3) is 0.867. The van der Waals surface area contributed by atoms with Crippen molar-refractivity contribution in [3.63, 3.8) is 0 Å². The van der Waals surface area contributed by atoms with Gasteiger partial charge < -0.3 is 14.4 Å². The molecule has 5 atom stereocenters. The Bertz CT molecular complexity index is 437. The Morgan fingerprint density at radius 2 is 2.19 bits per heavy atom. The number of aliphatic imine (C=N–C) groups is 1. The lowest BCUT2D eigenvalue weighted by Gasteiger charge is -2.40. The Morgan fingerprint density at radius 3 is 2.81 bits per heavy atom. The molecule has 118 valence electrons. The highest BCUT2D eigenvalue weighted by atomic mass is 32.2. The van der Waals surface area contributed by atoms with Gasteiger partial charge in [0, 0.05) is 25.9 Å². The van der Waals surface area contributed by atoms with Gasteiger partial charge in [-0.3, -0.25) is 9.79 Å². The Labute approximate surface area is 130 Å². The second-order valence-corrected chi connectivity index (χ2v) is 7.16. The molecular weight excluding hydrogens is 288 g/mol. The average Bonchev–Trinajstić information content (AvgIpc) is 3.09. The normalized spacial score (nSPS) is 39.1. The minimum Gasteiger partial charge on any atom is -0.460 e. The lowest BCUT2D eigenvalue weighted by Crippen LogP contribution is -2.51. The molecule has 0 aromatic rings. The van der Waals surface area contributed by atoms with E-state index in [9.17, 15) is 4.79 Å². The Kier molecular flexibility index (Phi) is 4.45. The quantitative estimate of drug-likeness (QED) is 0.732. The fourth-order valence-electron chi connectivity index (χ4n) is 3.45. The summed E-state index contributed by atoms with van der Waals surface area (Å²) >= 11 is 1.71. The highest BCUT2D eigenvalue weighted by molar-refractivity contribution is 8.14. The predicted molar refractivity (Wildman–Crippen MR) is 83.3 cm³/mol. The molecule has 0 aliphatic carbocycles. The first kappa shape index (κ1) is 15.2. The number of carbonyl (C=O) groups excluding carboxylic acids is 1. The van der Waals surface area contributed by atoms with Crippen molar-refractivity contribution in [1.82, 2.24) is 4.90 Å². The van der Waals surface area contributed by atoms with Crippen molar-refractivity contribution in [3.05, 3.63) is 0 Å². The van der Waals surface area contributed by atoms with Gasteiger partial charge in [0.05, 0.1) is 6.10 Å². The third-order valence-corrected chi connectivity index (χ3v) is 5.79. The van der Waals surface area contributed by atoms with E-state index >= 15 is 0 Å². The van der Waals surface area contributed by atoms with Crippen molar-refractivity contribution in [2.45, 2.75) is 63.7 Å². The van der Waals surface area contributed by atoms with Crippen LogP contribution in [-0.4, -0.2) is 52.8 Å². The average molecular weight is 312 g/mol. The predicted octanol–water partition coefficient (Wildman–Crippen LogP) is 2.26. The number of rotatable bonds is 2. The van der Waals surface area contributed by atoms with E-state index in [2.05, 4.69) is 18.7 Å². The molecule has 3 heterocycles. The summed E-state index contributed by atoms with van der Waals surface area (Å²) in [4.78, 5) is 18.6. The van der Waals surface area contributed by atoms with E-state index in [1.165, 1.54) is 19.8 Å². The van der Waals surface area contributed by atoms with Crippen LogP contribution in [0.5, 0.6) is 0 Å². The lowest BCUT2D eigenvalue weighted by atomic mass is 9.88. The Morgan fingerprint density at radius 1 is 1.48 bits per heavy atom. The van der Waals surface area contributed by atoms with E-state index in [1.807, 2.05) is 0 Å². The van der Waals surface area contributed by atoms with Crippen molar-refractivity contribution in [2.75, 3.05) is 13.1 Å². The zero-order valence-electron chi connectivity index (χ0n) is 12.9. The van der Waals surface area contributed by atoms with E-state index < -0.39 is 0 Å². The first-order valence-electron chi connectivity index (χ1n) is 7.92. The molecule has 3 aliphatic heterocycles. The second kappa shape index (κ2) is 6.16. The number of fused-ring (bicyclic) bond motifs is 1. The van der Waals surface area contributed by atoms with Crippen LogP contribution >= 0.6 is 11.8 Å². The second-order valence-electron chi connectivity index (χ2n) is 6.10. The van der Waals surface area contributed by atoms with Crippen molar-refractivity contribution in [3.8, 4) is 0 Å². The third kappa shape index (κ3) is 2.93.